The van der Waals surface area contributed by atoms with E-state index in [1.807, 2.05) is 0 Å². The van der Waals surface area contributed by atoms with Gasteiger partial charge in [0.05, 0.1) is 0 Å². The zero-order valence-electron chi connectivity index (χ0n) is 52.6. The number of allylic oxidation sites excluding steroid dienone is 18. The van der Waals surface area contributed by atoms with E-state index in [-0.39, 0.29) is 37.5 Å². The largest absolute Gasteiger partial charge is 0.462 e. The van der Waals surface area contributed by atoms with E-state index in [1.165, 1.54) is 161 Å². The first-order chi connectivity index (χ1) is 39.5. The quantitative estimate of drug-likeness (QED) is 0.0261. The monoisotopic (exact) mass is 1110 g/mol. The van der Waals surface area contributed by atoms with Crippen molar-refractivity contribution < 1.29 is 28.6 Å². The second kappa shape index (κ2) is 67.6. The third-order valence-electron chi connectivity index (χ3n) is 14.5. The summed E-state index contributed by atoms with van der Waals surface area (Å²) in [7, 11) is 0. The van der Waals surface area contributed by atoms with Crippen molar-refractivity contribution in [2.75, 3.05) is 13.2 Å². The molecule has 0 aromatic rings. The second-order valence-electron chi connectivity index (χ2n) is 22.3. The lowest BCUT2D eigenvalue weighted by Gasteiger charge is -2.18. The molecule has 0 aromatic heterocycles. The first-order valence-electron chi connectivity index (χ1n) is 33.9. The lowest BCUT2D eigenvalue weighted by Crippen LogP contribution is -2.30. The van der Waals surface area contributed by atoms with Gasteiger partial charge >= 0.3 is 17.9 Å². The Hall–Kier alpha value is -3.93. The summed E-state index contributed by atoms with van der Waals surface area (Å²) < 4.78 is 16.9. The van der Waals surface area contributed by atoms with Crippen molar-refractivity contribution in [2.24, 2.45) is 0 Å². The average molecular weight is 1110 g/mol. The van der Waals surface area contributed by atoms with Crippen LogP contribution in [0.3, 0.4) is 0 Å². The van der Waals surface area contributed by atoms with Crippen LogP contribution in [0.1, 0.15) is 323 Å². The molecule has 0 radical (unpaired) electrons. The molecule has 0 saturated heterocycles. The number of rotatable bonds is 61. The molecule has 6 nitrogen and oxygen atoms in total. The van der Waals surface area contributed by atoms with Crippen LogP contribution in [0.4, 0.5) is 0 Å². The molecule has 0 rings (SSSR count). The van der Waals surface area contributed by atoms with E-state index in [0.29, 0.717) is 19.3 Å². The number of ether oxygens (including phenoxy) is 3. The molecule has 0 N–H and O–H groups in total. The highest BCUT2D eigenvalue weighted by atomic mass is 16.6. The fourth-order valence-electron chi connectivity index (χ4n) is 9.53. The van der Waals surface area contributed by atoms with Crippen LogP contribution in [-0.2, 0) is 28.6 Å². The van der Waals surface area contributed by atoms with Crippen molar-refractivity contribution in [1.82, 2.24) is 0 Å². The smallest absolute Gasteiger partial charge is 0.306 e. The third-order valence-corrected chi connectivity index (χ3v) is 14.5. The first-order valence-corrected chi connectivity index (χ1v) is 33.9. The summed E-state index contributed by atoms with van der Waals surface area (Å²) in [5.74, 6) is -0.982. The zero-order valence-corrected chi connectivity index (χ0v) is 52.6. The van der Waals surface area contributed by atoms with Gasteiger partial charge in [-0.25, -0.2) is 0 Å². The number of hydrogen-bond donors (Lipinski definition) is 0. The highest BCUT2D eigenvalue weighted by molar-refractivity contribution is 5.71. The van der Waals surface area contributed by atoms with E-state index in [2.05, 4.69) is 130 Å². The van der Waals surface area contributed by atoms with Crippen molar-refractivity contribution >= 4 is 17.9 Å². The van der Waals surface area contributed by atoms with Crippen LogP contribution in [0.15, 0.2) is 109 Å². The fourth-order valence-corrected chi connectivity index (χ4v) is 9.53. The predicted octanol–water partition coefficient (Wildman–Crippen LogP) is 23.4. The van der Waals surface area contributed by atoms with Crippen LogP contribution >= 0.6 is 0 Å². The molecule has 0 aliphatic heterocycles. The lowest BCUT2D eigenvalue weighted by atomic mass is 10.0. The Labute approximate surface area is 495 Å². The highest BCUT2D eigenvalue weighted by Gasteiger charge is 2.19. The predicted molar refractivity (Wildman–Crippen MR) is 348 cm³/mol. The Morgan fingerprint density at radius 2 is 0.500 bits per heavy atom. The van der Waals surface area contributed by atoms with Crippen molar-refractivity contribution in [3.05, 3.63) is 109 Å². The minimum Gasteiger partial charge on any atom is -0.462 e. The third kappa shape index (κ3) is 64.9. The van der Waals surface area contributed by atoms with Gasteiger partial charge in [0.15, 0.2) is 6.10 Å². The van der Waals surface area contributed by atoms with E-state index in [1.54, 1.807) is 0 Å². The first kappa shape index (κ1) is 76.1. The Morgan fingerprint density at radius 1 is 0.263 bits per heavy atom. The maximum absolute atomic E-state index is 12.9. The van der Waals surface area contributed by atoms with Crippen LogP contribution in [0.2, 0.25) is 0 Å². The summed E-state index contributed by atoms with van der Waals surface area (Å²) in [5.41, 5.74) is 0. The molecule has 0 amide bonds. The molecule has 0 heterocycles. The summed E-state index contributed by atoms with van der Waals surface area (Å²) in [6, 6.07) is 0. The standard InChI is InChI=1S/C74H126O6/c1-4-7-10-13-16-19-22-25-28-31-32-33-34-35-36-37-38-39-40-41-44-46-49-52-55-58-61-64-67-73(76)79-70-71(80-74(77)68-65-62-59-56-53-50-47-43-30-27-24-21-18-15-12-9-6-3)69-78-72(75)66-63-60-57-54-51-48-45-42-29-26-23-20-17-14-11-8-5-2/h8-9,11-12,17-18,20-21,26-27,29-30,45,47-48,50,56,59,71H,4-7,10,13-16,19,22-25,28,31-44,46,49,51-55,57-58,60-70H2,1-3H3/b11-8-,12-9-,20-17-,21-18-,29-26-,30-27-,48-45-,50-47-,59-56-. The Morgan fingerprint density at radius 3 is 0.800 bits per heavy atom. The Balaban J connectivity index is 4.34. The van der Waals surface area contributed by atoms with Crippen LogP contribution in [0, 0.1) is 0 Å². The van der Waals surface area contributed by atoms with E-state index < -0.39 is 6.10 Å². The molecule has 0 saturated carbocycles. The summed E-state index contributed by atoms with van der Waals surface area (Å²) in [6.07, 6.45) is 92.7. The van der Waals surface area contributed by atoms with E-state index in [9.17, 15) is 14.4 Å². The van der Waals surface area contributed by atoms with Crippen molar-refractivity contribution in [2.45, 2.75) is 329 Å². The topological polar surface area (TPSA) is 78.9 Å². The van der Waals surface area contributed by atoms with Crippen LogP contribution in [0.25, 0.3) is 0 Å². The van der Waals surface area contributed by atoms with Crippen molar-refractivity contribution in [1.29, 1.82) is 0 Å². The highest BCUT2D eigenvalue weighted by Crippen LogP contribution is 2.17. The van der Waals surface area contributed by atoms with Crippen LogP contribution < -0.4 is 0 Å². The van der Waals surface area contributed by atoms with Crippen molar-refractivity contribution in [3.63, 3.8) is 0 Å². The van der Waals surface area contributed by atoms with Gasteiger partial charge in [-0.3, -0.25) is 14.4 Å². The Kier molecular flexibility index (Phi) is 64.3. The van der Waals surface area contributed by atoms with E-state index >= 15 is 0 Å². The lowest BCUT2D eigenvalue weighted by molar-refractivity contribution is -0.167. The number of carbonyl (C=O) groups excluding carboxylic acids is 3. The molecule has 0 aliphatic carbocycles. The fraction of sp³-hybridized carbons (Fsp3) is 0.716. The van der Waals surface area contributed by atoms with Gasteiger partial charge in [0.25, 0.3) is 0 Å². The molecule has 0 aliphatic rings. The van der Waals surface area contributed by atoms with Gasteiger partial charge < -0.3 is 14.2 Å². The summed E-state index contributed by atoms with van der Waals surface area (Å²) in [6.45, 7) is 6.38. The second-order valence-corrected chi connectivity index (χ2v) is 22.3. The average Bonchev–Trinajstić information content (AvgIpc) is 3.46. The number of carbonyl (C=O) groups is 3. The number of esters is 3. The van der Waals surface area contributed by atoms with Crippen LogP contribution in [0.5, 0.6) is 0 Å². The number of hydrogen-bond acceptors (Lipinski definition) is 6. The van der Waals surface area contributed by atoms with Gasteiger partial charge in [0.2, 0.25) is 0 Å². The van der Waals surface area contributed by atoms with E-state index in [4.69, 9.17) is 14.2 Å². The Bertz CT molecular complexity index is 1610. The van der Waals surface area contributed by atoms with Gasteiger partial charge in [0, 0.05) is 19.3 Å². The van der Waals surface area contributed by atoms with Gasteiger partial charge in [-0.2, -0.15) is 0 Å². The molecule has 0 aromatic carbocycles. The minimum atomic E-state index is -0.821. The van der Waals surface area contributed by atoms with Crippen molar-refractivity contribution in [3.8, 4) is 0 Å². The summed E-state index contributed by atoms with van der Waals surface area (Å²) in [5, 5.41) is 0. The van der Waals surface area contributed by atoms with Gasteiger partial charge in [-0.1, -0.05) is 316 Å². The molecule has 6 heteroatoms. The zero-order chi connectivity index (χ0) is 57.8. The molecule has 1 atom stereocenters. The summed E-state index contributed by atoms with van der Waals surface area (Å²) in [4.78, 5) is 38.3. The maximum atomic E-state index is 12.9. The molecular formula is C74H126O6. The molecule has 0 fully saturated rings. The maximum Gasteiger partial charge on any atom is 0.306 e. The summed E-state index contributed by atoms with van der Waals surface area (Å²) >= 11 is 0. The van der Waals surface area contributed by atoms with Gasteiger partial charge in [-0.15, -0.1) is 0 Å². The van der Waals surface area contributed by atoms with Gasteiger partial charge in [0.1, 0.15) is 13.2 Å². The molecule has 458 valence electrons. The molecule has 1 unspecified atom stereocenters. The SMILES string of the molecule is CC/C=C\C/C=C\C/C=C\C/C=C\C/C=C\CCCC(=O)OC(COC(=O)CCCCCC/C=C\C/C=C\C/C=C\C/C=C\CC)COC(=O)CCCCCCCCCCCCCCCCCCCCCCCCCCCCCC. The molecule has 80 heavy (non-hydrogen) atoms. The van der Waals surface area contributed by atoms with Gasteiger partial charge in [-0.05, 0) is 96.3 Å². The normalized spacial score (nSPS) is 12.8. The molecule has 0 bridgehead atoms. The molecule has 0 spiro atoms. The minimum absolute atomic E-state index is 0.108. The molecular weight excluding hydrogens is 985 g/mol. The number of unbranched alkanes of at least 4 members (excludes halogenated alkanes) is 32. The van der Waals surface area contributed by atoms with E-state index in [0.717, 1.165) is 116 Å². The van der Waals surface area contributed by atoms with Crippen LogP contribution in [-0.4, -0.2) is 37.2 Å².